The molecule has 1 aliphatic heterocycles. The molecule has 0 atom stereocenters. The number of rotatable bonds is 4. The molecule has 3 aromatic rings. The monoisotopic (exact) mass is 362 g/mol. The Hall–Kier alpha value is -2.83. The van der Waals surface area contributed by atoms with Crippen molar-refractivity contribution in [2.75, 3.05) is 13.1 Å². The van der Waals surface area contributed by atoms with Gasteiger partial charge in [0, 0.05) is 37.8 Å². The number of piperidine rings is 1. The highest BCUT2D eigenvalue weighted by Gasteiger charge is 2.29. The standard InChI is InChI=1S/C20H22N6O/c27-20(15-2-1-3-16-18(15)22-9-8-21-16)26-10-6-13(7-11-26)12-17-23-19(25-24-17)14-4-5-14/h1-3,8-9,13-14H,4-7,10-12H2,(H,23,24,25). The van der Waals surface area contributed by atoms with Gasteiger partial charge in [-0.1, -0.05) is 6.07 Å². The number of likely N-dealkylation sites (tertiary alicyclic amines) is 1. The number of hydrogen-bond donors (Lipinski definition) is 1. The van der Waals surface area contributed by atoms with Crippen molar-refractivity contribution in [2.24, 2.45) is 5.92 Å². The molecule has 0 bridgehead atoms. The first-order chi connectivity index (χ1) is 13.3. The Morgan fingerprint density at radius 3 is 2.74 bits per heavy atom. The second kappa shape index (κ2) is 6.72. The van der Waals surface area contributed by atoms with E-state index in [1.807, 2.05) is 23.1 Å². The first-order valence-electron chi connectivity index (χ1n) is 9.68. The molecule has 1 saturated carbocycles. The summed E-state index contributed by atoms with van der Waals surface area (Å²) in [7, 11) is 0. The lowest BCUT2D eigenvalue weighted by molar-refractivity contribution is 0.0691. The maximum Gasteiger partial charge on any atom is 0.256 e. The number of carbonyl (C=O) groups excluding carboxylic acids is 1. The summed E-state index contributed by atoms with van der Waals surface area (Å²) >= 11 is 0. The summed E-state index contributed by atoms with van der Waals surface area (Å²) in [5, 5.41) is 7.44. The first-order valence-corrected chi connectivity index (χ1v) is 9.68. The summed E-state index contributed by atoms with van der Waals surface area (Å²) < 4.78 is 0. The van der Waals surface area contributed by atoms with Gasteiger partial charge in [0.2, 0.25) is 0 Å². The van der Waals surface area contributed by atoms with Gasteiger partial charge in [-0.2, -0.15) is 5.10 Å². The van der Waals surface area contributed by atoms with Crippen molar-refractivity contribution in [3.05, 3.63) is 47.8 Å². The molecule has 0 radical (unpaired) electrons. The predicted octanol–water partition coefficient (Wildman–Crippen LogP) is 2.72. The lowest BCUT2D eigenvalue weighted by atomic mass is 9.93. The third-order valence-corrected chi connectivity index (χ3v) is 5.60. The van der Waals surface area contributed by atoms with Crippen molar-refractivity contribution in [1.29, 1.82) is 0 Å². The number of hydrogen-bond acceptors (Lipinski definition) is 5. The molecule has 2 fully saturated rings. The Morgan fingerprint density at radius 2 is 1.93 bits per heavy atom. The zero-order valence-electron chi connectivity index (χ0n) is 15.1. The van der Waals surface area contributed by atoms with Gasteiger partial charge >= 0.3 is 0 Å². The highest BCUT2D eigenvalue weighted by atomic mass is 16.2. The first kappa shape index (κ1) is 16.4. The van der Waals surface area contributed by atoms with Gasteiger partial charge in [0.05, 0.1) is 11.1 Å². The van der Waals surface area contributed by atoms with E-state index in [4.69, 9.17) is 0 Å². The van der Waals surface area contributed by atoms with Gasteiger partial charge in [-0.05, 0) is 43.7 Å². The van der Waals surface area contributed by atoms with Crippen molar-refractivity contribution in [3.63, 3.8) is 0 Å². The second-order valence-corrected chi connectivity index (χ2v) is 7.58. The molecule has 2 aliphatic rings. The lowest BCUT2D eigenvalue weighted by Gasteiger charge is -2.31. The van der Waals surface area contributed by atoms with Crippen molar-refractivity contribution in [1.82, 2.24) is 30.0 Å². The topological polar surface area (TPSA) is 87.7 Å². The molecule has 7 heteroatoms. The van der Waals surface area contributed by atoms with Crippen LogP contribution in [-0.4, -0.2) is 49.0 Å². The van der Waals surface area contributed by atoms with Crippen LogP contribution in [0, 0.1) is 5.92 Å². The number of aromatic amines is 1. The Labute approximate surface area is 157 Å². The maximum atomic E-state index is 13.0. The van der Waals surface area contributed by atoms with Gasteiger partial charge in [0.25, 0.3) is 5.91 Å². The fraction of sp³-hybridized carbons (Fsp3) is 0.450. The summed E-state index contributed by atoms with van der Waals surface area (Å²) in [5.74, 6) is 3.15. The van der Waals surface area contributed by atoms with Gasteiger partial charge in [-0.3, -0.25) is 19.9 Å². The zero-order valence-corrected chi connectivity index (χ0v) is 15.1. The molecule has 1 aliphatic carbocycles. The van der Waals surface area contributed by atoms with Crippen LogP contribution in [0.3, 0.4) is 0 Å². The number of para-hydroxylation sites is 1. The molecule has 7 nitrogen and oxygen atoms in total. The minimum absolute atomic E-state index is 0.0511. The van der Waals surface area contributed by atoms with Crippen LogP contribution in [0.1, 0.15) is 53.6 Å². The number of nitrogens with one attached hydrogen (secondary N) is 1. The van der Waals surface area contributed by atoms with E-state index in [0.717, 1.165) is 49.5 Å². The van der Waals surface area contributed by atoms with E-state index in [9.17, 15) is 4.79 Å². The van der Waals surface area contributed by atoms with E-state index in [1.165, 1.54) is 12.8 Å². The number of fused-ring (bicyclic) bond motifs is 1. The number of nitrogens with zero attached hydrogens (tertiary/aromatic N) is 5. The fourth-order valence-electron chi connectivity index (χ4n) is 3.87. The number of benzene rings is 1. The molecule has 1 aromatic carbocycles. The molecule has 1 saturated heterocycles. The van der Waals surface area contributed by atoms with E-state index in [-0.39, 0.29) is 5.91 Å². The molecule has 2 aromatic heterocycles. The maximum absolute atomic E-state index is 13.0. The van der Waals surface area contributed by atoms with E-state index in [2.05, 4.69) is 25.1 Å². The minimum Gasteiger partial charge on any atom is -0.339 e. The molecule has 5 rings (SSSR count). The van der Waals surface area contributed by atoms with Crippen molar-refractivity contribution < 1.29 is 4.79 Å². The van der Waals surface area contributed by atoms with Crippen LogP contribution in [0.5, 0.6) is 0 Å². The zero-order chi connectivity index (χ0) is 18.2. The molecular formula is C20H22N6O. The van der Waals surface area contributed by atoms with Crippen molar-refractivity contribution in [2.45, 2.75) is 38.0 Å². The van der Waals surface area contributed by atoms with Gasteiger partial charge in [0.15, 0.2) is 5.82 Å². The SMILES string of the molecule is O=C(c1cccc2nccnc12)N1CCC(Cc2nc(C3CC3)n[nH]2)CC1. The highest BCUT2D eigenvalue weighted by Crippen LogP contribution is 2.38. The summed E-state index contributed by atoms with van der Waals surface area (Å²) in [6.07, 6.45) is 8.62. The third-order valence-electron chi connectivity index (χ3n) is 5.60. The molecule has 1 N–H and O–H groups in total. The largest absolute Gasteiger partial charge is 0.339 e. The average molecular weight is 362 g/mol. The van der Waals surface area contributed by atoms with Gasteiger partial charge < -0.3 is 4.90 Å². The quantitative estimate of drug-likeness (QED) is 0.771. The summed E-state index contributed by atoms with van der Waals surface area (Å²) in [4.78, 5) is 28.2. The van der Waals surface area contributed by atoms with E-state index in [0.29, 0.717) is 22.9 Å². The number of carbonyl (C=O) groups is 1. The van der Waals surface area contributed by atoms with Crippen molar-refractivity contribution >= 4 is 16.9 Å². The van der Waals surface area contributed by atoms with Crippen LogP contribution in [0.4, 0.5) is 0 Å². The predicted molar refractivity (Wildman–Crippen MR) is 100 cm³/mol. The molecule has 138 valence electrons. The average Bonchev–Trinajstić information content (AvgIpc) is 3.47. The van der Waals surface area contributed by atoms with Crippen LogP contribution in [0.25, 0.3) is 11.0 Å². The van der Waals surface area contributed by atoms with E-state index in [1.54, 1.807) is 12.4 Å². The highest BCUT2D eigenvalue weighted by molar-refractivity contribution is 6.04. The lowest BCUT2D eigenvalue weighted by Crippen LogP contribution is -2.39. The Kier molecular flexibility index (Phi) is 4.07. The van der Waals surface area contributed by atoms with Crippen LogP contribution in [0.2, 0.25) is 0 Å². The Balaban J connectivity index is 1.23. The molecule has 3 heterocycles. The van der Waals surface area contributed by atoms with E-state index >= 15 is 0 Å². The van der Waals surface area contributed by atoms with Gasteiger partial charge in [-0.15, -0.1) is 0 Å². The number of amides is 1. The minimum atomic E-state index is 0.0511. The normalized spacial score (nSPS) is 18.1. The van der Waals surface area contributed by atoms with Crippen LogP contribution >= 0.6 is 0 Å². The second-order valence-electron chi connectivity index (χ2n) is 7.58. The molecular weight excluding hydrogens is 340 g/mol. The molecule has 0 spiro atoms. The number of aromatic nitrogens is 5. The molecule has 1 amide bonds. The molecule has 27 heavy (non-hydrogen) atoms. The molecule has 0 unspecified atom stereocenters. The fourth-order valence-corrected chi connectivity index (χ4v) is 3.87. The Morgan fingerprint density at radius 1 is 1.11 bits per heavy atom. The Bertz CT molecular complexity index is 966. The van der Waals surface area contributed by atoms with Gasteiger partial charge in [-0.25, -0.2) is 4.98 Å². The van der Waals surface area contributed by atoms with E-state index < -0.39 is 0 Å². The summed E-state index contributed by atoms with van der Waals surface area (Å²) in [6.45, 7) is 1.54. The van der Waals surface area contributed by atoms with Crippen LogP contribution in [-0.2, 0) is 6.42 Å². The third kappa shape index (κ3) is 3.29. The summed E-state index contributed by atoms with van der Waals surface area (Å²) in [5.41, 5.74) is 2.08. The van der Waals surface area contributed by atoms with Crippen molar-refractivity contribution in [3.8, 4) is 0 Å². The van der Waals surface area contributed by atoms with Gasteiger partial charge in [0.1, 0.15) is 11.3 Å². The number of H-pyrrole nitrogens is 1. The van der Waals surface area contributed by atoms with Crippen LogP contribution in [0.15, 0.2) is 30.6 Å². The summed E-state index contributed by atoms with van der Waals surface area (Å²) in [6, 6.07) is 5.61. The smallest absolute Gasteiger partial charge is 0.256 e. The van der Waals surface area contributed by atoms with Crippen LogP contribution < -0.4 is 0 Å².